The van der Waals surface area contributed by atoms with Crippen LogP contribution < -0.4 is 0 Å². The Morgan fingerprint density at radius 1 is 0.727 bits per heavy atom. The highest BCUT2D eigenvalue weighted by molar-refractivity contribution is 7.96. The van der Waals surface area contributed by atoms with E-state index in [1.807, 2.05) is 17.8 Å². The van der Waals surface area contributed by atoms with Crippen molar-refractivity contribution in [1.82, 2.24) is 0 Å². The molecule has 6 nitrogen and oxygen atoms in total. The van der Waals surface area contributed by atoms with Crippen molar-refractivity contribution < 1.29 is 25.3 Å². The van der Waals surface area contributed by atoms with Crippen LogP contribution in [0, 0.1) is 37.0 Å². The summed E-state index contributed by atoms with van der Waals surface area (Å²) in [6.45, 7) is 0. The molecule has 0 saturated carbocycles. The lowest BCUT2D eigenvalue weighted by atomic mass is 10.4. The van der Waals surface area contributed by atoms with E-state index in [0.29, 0.717) is 0 Å². The van der Waals surface area contributed by atoms with Crippen molar-refractivity contribution in [2.75, 3.05) is 28.8 Å². The van der Waals surface area contributed by atoms with Crippen molar-refractivity contribution in [3.8, 4) is 37.0 Å². The molecule has 0 aromatic carbocycles. The lowest BCUT2D eigenvalue weighted by molar-refractivity contribution is 0.570. The van der Waals surface area contributed by atoms with Gasteiger partial charge in [-0.2, -0.15) is 0 Å². The number of hydrogen-bond acceptors (Lipinski definition) is 6. The highest BCUT2D eigenvalue weighted by Crippen LogP contribution is 2.13. The van der Waals surface area contributed by atoms with Gasteiger partial charge in [-0.3, -0.25) is 0 Å². The minimum absolute atomic E-state index is 0.405. The van der Waals surface area contributed by atoms with E-state index < -0.39 is 69.9 Å². The van der Waals surface area contributed by atoms with Gasteiger partial charge in [0.25, 0.3) is 0 Å². The second-order valence-corrected chi connectivity index (χ2v) is 11.1. The molecule has 0 spiro atoms. The van der Waals surface area contributed by atoms with Gasteiger partial charge in [0.05, 0.1) is 16.8 Å². The second kappa shape index (κ2) is 8.24. The average Bonchev–Trinajstić information content (AvgIpc) is 2.34. The minimum atomic E-state index is -3.96. The van der Waals surface area contributed by atoms with Crippen LogP contribution in [0.15, 0.2) is 0 Å². The largest absolute Gasteiger partial charge is 0.228 e. The van der Waals surface area contributed by atoms with Gasteiger partial charge >= 0.3 is 0 Å². The zero-order valence-electron chi connectivity index (χ0n) is 11.7. The zero-order chi connectivity index (χ0) is 17.4. The Morgan fingerprint density at radius 2 is 1.18 bits per heavy atom. The molecule has 0 fully saturated rings. The third-order valence-electron chi connectivity index (χ3n) is 2.59. The van der Waals surface area contributed by atoms with Crippen LogP contribution in [0.1, 0.15) is 6.42 Å². The number of rotatable bonds is 9. The molecule has 1 atom stereocenters. The maximum Gasteiger partial charge on any atom is 0.165 e. The molecule has 0 rings (SSSR count). The number of sulfone groups is 3. The molecule has 122 valence electrons. The van der Waals surface area contributed by atoms with E-state index >= 15 is 0 Å². The van der Waals surface area contributed by atoms with E-state index in [2.05, 4.69) is 0 Å². The molecular weight excluding hydrogens is 348 g/mol. The van der Waals surface area contributed by atoms with Crippen LogP contribution in [0.5, 0.6) is 0 Å². The summed E-state index contributed by atoms with van der Waals surface area (Å²) in [4.78, 5) is 0. The first kappa shape index (κ1) is 20.5. The van der Waals surface area contributed by atoms with Crippen molar-refractivity contribution in [2.24, 2.45) is 0 Å². The first-order chi connectivity index (χ1) is 9.99. The van der Waals surface area contributed by atoms with Crippen LogP contribution in [-0.2, 0) is 29.5 Å². The smallest absolute Gasteiger partial charge is 0.165 e. The van der Waals surface area contributed by atoms with E-state index in [4.69, 9.17) is 19.3 Å². The molecule has 0 bridgehead atoms. The summed E-state index contributed by atoms with van der Waals surface area (Å²) in [7, 11) is -11.4. The van der Waals surface area contributed by atoms with E-state index in [-0.39, 0.29) is 0 Å². The van der Waals surface area contributed by atoms with E-state index in [0.717, 1.165) is 0 Å². The Morgan fingerprint density at radius 3 is 1.64 bits per heavy atom. The Bertz CT molecular complexity index is 812. The summed E-state index contributed by atoms with van der Waals surface area (Å²) in [5.74, 6) is 2.61. The quantitative estimate of drug-likeness (QED) is 0.481. The Labute approximate surface area is 132 Å². The highest BCUT2D eigenvalue weighted by Gasteiger charge is 2.31. The second-order valence-electron chi connectivity index (χ2n) is 4.48. The molecule has 0 radical (unpaired) electrons. The van der Waals surface area contributed by atoms with Crippen LogP contribution >= 0.6 is 0 Å². The summed E-state index contributed by atoms with van der Waals surface area (Å²) in [6, 6.07) is 0. The van der Waals surface area contributed by atoms with Gasteiger partial charge in [0.1, 0.15) is 17.3 Å². The van der Waals surface area contributed by atoms with Crippen molar-refractivity contribution >= 4 is 29.5 Å². The minimum Gasteiger partial charge on any atom is -0.228 e. The molecular formula is C13H16O6S3. The van der Waals surface area contributed by atoms with Crippen LogP contribution in [0.2, 0.25) is 0 Å². The summed E-state index contributed by atoms with van der Waals surface area (Å²) in [5.41, 5.74) is 0. The number of terminal acetylenes is 3. The normalized spacial score (nSPS) is 13.5. The van der Waals surface area contributed by atoms with Crippen LogP contribution in [0.3, 0.4) is 0 Å². The van der Waals surface area contributed by atoms with Crippen LogP contribution in [0.25, 0.3) is 0 Å². The molecule has 0 aromatic heterocycles. The summed E-state index contributed by atoms with van der Waals surface area (Å²) in [5, 5.41) is -1.44. The monoisotopic (exact) mass is 364 g/mol. The molecule has 9 heteroatoms. The first-order valence-corrected chi connectivity index (χ1v) is 11.3. The van der Waals surface area contributed by atoms with Gasteiger partial charge in [-0.1, -0.05) is 17.8 Å². The van der Waals surface area contributed by atoms with Gasteiger partial charge < -0.3 is 0 Å². The molecule has 0 saturated heterocycles. The molecule has 0 heterocycles. The molecule has 0 amide bonds. The topological polar surface area (TPSA) is 102 Å². The van der Waals surface area contributed by atoms with E-state index in [9.17, 15) is 25.3 Å². The summed E-state index contributed by atoms with van der Waals surface area (Å²) < 4.78 is 70.5. The molecule has 0 aliphatic carbocycles. The zero-order valence-corrected chi connectivity index (χ0v) is 14.2. The predicted octanol–water partition coefficient (Wildman–Crippen LogP) is -1.11. The molecule has 1 unspecified atom stereocenters. The maximum atomic E-state index is 12.0. The average molecular weight is 364 g/mol. The molecule has 0 aliphatic rings. The molecule has 0 aromatic rings. The fourth-order valence-corrected chi connectivity index (χ4v) is 6.27. The third kappa shape index (κ3) is 7.51. The van der Waals surface area contributed by atoms with Gasteiger partial charge in [0.2, 0.25) is 0 Å². The van der Waals surface area contributed by atoms with Gasteiger partial charge in [0.15, 0.2) is 29.5 Å². The summed E-state index contributed by atoms with van der Waals surface area (Å²) >= 11 is 0. The van der Waals surface area contributed by atoms with Gasteiger partial charge in [0, 0.05) is 0 Å². The lowest BCUT2D eigenvalue weighted by Gasteiger charge is -2.15. The first-order valence-electron chi connectivity index (χ1n) is 5.92. The fourth-order valence-electron chi connectivity index (χ4n) is 1.58. The summed E-state index contributed by atoms with van der Waals surface area (Å²) in [6.07, 6.45) is 14.4. The SMILES string of the molecule is C#CCS(=O)(=O)CCC(CS(=O)(=O)CC#C)S(=O)(=O)CC#C. The van der Waals surface area contributed by atoms with Crippen molar-refractivity contribution in [2.45, 2.75) is 11.7 Å². The Kier molecular flexibility index (Phi) is 7.69. The Hall–Kier alpha value is -1.47. The van der Waals surface area contributed by atoms with Crippen molar-refractivity contribution in [3.05, 3.63) is 0 Å². The molecule has 0 N–H and O–H groups in total. The number of hydrogen-bond donors (Lipinski definition) is 0. The maximum absolute atomic E-state index is 12.0. The van der Waals surface area contributed by atoms with Crippen molar-refractivity contribution in [3.63, 3.8) is 0 Å². The van der Waals surface area contributed by atoms with Crippen LogP contribution in [-0.4, -0.2) is 59.3 Å². The third-order valence-corrected chi connectivity index (χ3v) is 7.77. The lowest BCUT2D eigenvalue weighted by Crippen LogP contribution is -2.34. The highest BCUT2D eigenvalue weighted by atomic mass is 32.2. The van der Waals surface area contributed by atoms with Crippen LogP contribution in [0.4, 0.5) is 0 Å². The molecule has 0 aliphatic heterocycles. The van der Waals surface area contributed by atoms with Gasteiger partial charge in [-0.05, 0) is 6.42 Å². The van der Waals surface area contributed by atoms with E-state index in [1.54, 1.807) is 0 Å². The molecule has 22 heavy (non-hydrogen) atoms. The predicted molar refractivity (Wildman–Crippen MR) is 86.0 cm³/mol. The fraction of sp³-hybridized carbons (Fsp3) is 0.538. The van der Waals surface area contributed by atoms with Crippen molar-refractivity contribution in [1.29, 1.82) is 0 Å². The van der Waals surface area contributed by atoms with Gasteiger partial charge in [-0.25, -0.2) is 25.3 Å². The van der Waals surface area contributed by atoms with E-state index in [1.165, 1.54) is 0 Å². The van der Waals surface area contributed by atoms with Gasteiger partial charge in [-0.15, -0.1) is 19.3 Å². The standard InChI is InChI=1S/C13H16O6S3/c1-4-8-20(14,15)11-7-13(22(18,19)10-6-3)12-21(16,17)9-5-2/h1-3,13H,7-12H2. The Balaban J connectivity index is 5.37.